The van der Waals surface area contributed by atoms with Crippen molar-refractivity contribution in [2.24, 2.45) is 4.99 Å². The van der Waals surface area contributed by atoms with Gasteiger partial charge in [0.1, 0.15) is 5.75 Å². The van der Waals surface area contributed by atoms with Gasteiger partial charge in [-0.05, 0) is 61.6 Å². The maximum Gasteiger partial charge on any atom is 0.248 e. The number of rotatable bonds is 11. The number of nitrogens with zero attached hydrogens (tertiary/aromatic N) is 2. The van der Waals surface area contributed by atoms with Crippen LogP contribution in [0.5, 0.6) is 5.75 Å². The highest BCUT2D eigenvalue weighted by Gasteiger charge is 2.13. The van der Waals surface area contributed by atoms with Crippen molar-refractivity contribution in [2.45, 2.75) is 36.1 Å². The molecule has 10 heteroatoms. The second kappa shape index (κ2) is 11.8. The standard InChI is InChI=1S/C23H28N2O5S3/c1-4-30-14-13-25-20-12-11-19(33(3,27)28)16-21(20)32-23(25)24-22(26)6-5-15-31-18-9-7-17(29-2)8-10-18/h7-12,16H,4-6,13-15H2,1-3H3. The zero-order chi connectivity index (χ0) is 23.8. The molecule has 0 fully saturated rings. The van der Waals surface area contributed by atoms with Crippen molar-refractivity contribution in [3.05, 3.63) is 47.3 Å². The fourth-order valence-corrected chi connectivity index (χ4v) is 5.82. The number of thioether (sulfide) groups is 1. The first kappa shape index (κ1) is 25.5. The van der Waals surface area contributed by atoms with Crippen LogP contribution in [0.4, 0.5) is 0 Å². The van der Waals surface area contributed by atoms with Crippen LogP contribution >= 0.6 is 23.1 Å². The van der Waals surface area contributed by atoms with E-state index >= 15 is 0 Å². The number of hydrogen-bond acceptors (Lipinski definition) is 7. The zero-order valence-corrected chi connectivity index (χ0v) is 21.4. The summed E-state index contributed by atoms with van der Waals surface area (Å²) in [6, 6.07) is 12.8. The quantitative estimate of drug-likeness (QED) is 0.286. The van der Waals surface area contributed by atoms with Crippen LogP contribution in [-0.2, 0) is 25.9 Å². The molecular weight excluding hydrogens is 480 g/mol. The molecule has 0 aliphatic carbocycles. The van der Waals surface area contributed by atoms with Gasteiger partial charge in [0.25, 0.3) is 0 Å². The molecule has 0 saturated carbocycles. The summed E-state index contributed by atoms with van der Waals surface area (Å²) in [5.74, 6) is 1.44. The molecular formula is C23H28N2O5S3. The van der Waals surface area contributed by atoms with Gasteiger partial charge in [-0.2, -0.15) is 4.99 Å². The highest BCUT2D eigenvalue weighted by atomic mass is 32.2. The van der Waals surface area contributed by atoms with Gasteiger partial charge in [-0.3, -0.25) is 4.79 Å². The Bertz CT molecular complexity index is 1260. The van der Waals surface area contributed by atoms with Crippen LogP contribution in [0.15, 0.2) is 57.2 Å². The Labute approximate surface area is 202 Å². The van der Waals surface area contributed by atoms with Crippen molar-refractivity contribution in [2.75, 3.05) is 32.3 Å². The summed E-state index contributed by atoms with van der Waals surface area (Å²) in [4.78, 5) is 18.8. The van der Waals surface area contributed by atoms with E-state index in [0.29, 0.717) is 37.4 Å². The second-order valence-corrected chi connectivity index (χ2v) is 11.5. The summed E-state index contributed by atoms with van der Waals surface area (Å²) in [7, 11) is -1.68. The first-order valence-electron chi connectivity index (χ1n) is 10.6. The Morgan fingerprint density at radius 1 is 1.18 bits per heavy atom. The third-order valence-corrected chi connectivity index (χ3v) is 8.08. The van der Waals surface area contributed by atoms with Gasteiger partial charge in [0.15, 0.2) is 14.6 Å². The van der Waals surface area contributed by atoms with Gasteiger partial charge in [-0.25, -0.2) is 8.42 Å². The monoisotopic (exact) mass is 508 g/mol. The highest BCUT2D eigenvalue weighted by Crippen LogP contribution is 2.23. The van der Waals surface area contributed by atoms with Gasteiger partial charge < -0.3 is 14.0 Å². The van der Waals surface area contributed by atoms with E-state index in [2.05, 4.69) is 4.99 Å². The number of fused-ring (bicyclic) bond motifs is 1. The zero-order valence-electron chi connectivity index (χ0n) is 18.9. The Hall–Kier alpha value is -2.14. The number of carbonyl (C=O) groups excluding carboxylic acids is 1. The Kier molecular flexibility index (Phi) is 9.13. The van der Waals surface area contributed by atoms with Gasteiger partial charge in [0.05, 0.1) is 28.8 Å². The molecule has 33 heavy (non-hydrogen) atoms. The summed E-state index contributed by atoms with van der Waals surface area (Å²) >= 11 is 3.01. The van der Waals surface area contributed by atoms with Crippen LogP contribution in [0.3, 0.4) is 0 Å². The summed E-state index contributed by atoms with van der Waals surface area (Å²) in [6.07, 6.45) is 2.24. The predicted octanol–water partition coefficient (Wildman–Crippen LogP) is 4.15. The summed E-state index contributed by atoms with van der Waals surface area (Å²) in [5.41, 5.74) is 0.841. The first-order valence-corrected chi connectivity index (χ1v) is 14.3. The number of aromatic nitrogens is 1. The van der Waals surface area contributed by atoms with Crippen LogP contribution in [0.2, 0.25) is 0 Å². The lowest BCUT2D eigenvalue weighted by Gasteiger charge is -2.06. The summed E-state index contributed by atoms with van der Waals surface area (Å²) in [6.45, 7) is 3.53. The largest absolute Gasteiger partial charge is 0.497 e. The first-order chi connectivity index (χ1) is 15.8. The molecule has 7 nitrogen and oxygen atoms in total. The molecule has 0 spiro atoms. The van der Waals surface area contributed by atoms with Crippen molar-refractivity contribution < 1.29 is 22.7 Å². The molecule has 0 aliphatic rings. The average Bonchev–Trinajstić information content (AvgIpc) is 3.13. The lowest BCUT2D eigenvalue weighted by atomic mass is 10.3. The lowest BCUT2D eigenvalue weighted by molar-refractivity contribution is -0.118. The van der Waals surface area contributed by atoms with Crippen LogP contribution < -0.4 is 9.54 Å². The van der Waals surface area contributed by atoms with E-state index in [0.717, 1.165) is 26.6 Å². The molecule has 178 valence electrons. The van der Waals surface area contributed by atoms with E-state index < -0.39 is 9.84 Å². The van der Waals surface area contributed by atoms with Crippen LogP contribution in [0.1, 0.15) is 19.8 Å². The van der Waals surface area contributed by atoms with Gasteiger partial charge in [-0.1, -0.05) is 11.3 Å². The molecule has 2 aromatic carbocycles. The van der Waals surface area contributed by atoms with Gasteiger partial charge >= 0.3 is 0 Å². The molecule has 1 aromatic heterocycles. The minimum absolute atomic E-state index is 0.189. The topological polar surface area (TPSA) is 87.0 Å². The molecule has 3 rings (SSSR count). The third kappa shape index (κ3) is 7.17. The van der Waals surface area contributed by atoms with E-state index in [4.69, 9.17) is 9.47 Å². The summed E-state index contributed by atoms with van der Waals surface area (Å²) in [5, 5.41) is 0. The van der Waals surface area contributed by atoms with Crippen LogP contribution in [0.25, 0.3) is 10.2 Å². The summed E-state index contributed by atoms with van der Waals surface area (Å²) < 4.78 is 37.2. The normalized spacial score (nSPS) is 12.4. The maximum absolute atomic E-state index is 12.6. The average molecular weight is 509 g/mol. The van der Waals surface area contributed by atoms with E-state index in [1.54, 1.807) is 37.1 Å². The van der Waals surface area contributed by atoms with Gasteiger partial charge in [0, 0.05) is 30.7 Å². The number of sulfone groups is 1. The number of benzene rings is 2. The molecule has 0 saturated heterocycles. The molecule has 1 amide bonds. The molecule has 0 aliphatic heterocycles. The fraction of sp³-hybridized carbons (Fsp3) is 0.391. The number of thiazole rings is 1. The molecule has 0 unspecified atom stereocenters. The Morgan fingerprint density at radius 3 is 2.61 bits per heavy atom. The smallest absolute Gasteiger partial charge is 0.248 e. The van der Waals surface area contributed by atoms with Gasteiger partial charge in [0.2, 0.25) is 5.91 Å². The third-order valence-electron chi connectivity index (χ3n) is 4.83. The van der Waals surface area contributed by atoms with E-state index in [9.17, 15) is 13.2 Å². The van der Waals surface area contributed by atoms with Crippen LogP contribution in [-0.4, -0.2) is 51.2 Å². The molecule has 0 N–H and O–H groups in total. The number of carbonyl (C=O) groups is 1. The van der Waals surface area contributed by atoms with Crippen molar-refractivity contribution >= 4 is 49.1 Å². The van der Waals surface area contributed by atoms with Crippen molar-refractivity contribution in [3.8, 4) is 5.75 Å². The number of methoxy groups -OCH3 is 1. The van der Waals surface area contributed by atoms with Crippen molar-refractivity contribution in [1.82, 2.24) is 4.57 Å². The highest BCUT2D eigenvalue weighted by molar-refractivity contribution is 7.99. The van der Waals surface area contributed by atoms with Crippen molar-refractivity contribution in [3.63, 3.8) is 0 Å². The fourth-order valence-electron chi connectivity index (χ4n) is 3.13. The molecule has 0 atom stereocenters. The minimum atomic E-state index is -3.32. The molecule has 3 aromatic rings. The van der Waals surface area contributed by atoms with Crippen molar-refractivity contribution in [1.29, 1.82) is 0 Å². The number of hydrogen-bond donors (Lipinski definition) is 0. The predicted molar refractivity (Wildman–Crippen MR) is 133 cm³/mol. The lowest BCUT2D eigenvalue weighted by Crippen LogP contribution is -2.19. The van der Waals surface area contributed by atoms with Gasteiger partial charge in [-0.15, -0.1) is 11.8 Å². The second-order valence-electron chi connectivity index (χ2n) is 7.27. The maximum atomic E-state index is 12.6. The van der Waals surface area contributed by atoms with E-state index in [1.165, 1.54) is 17.6 Å². The number of ether oxygens (including phenoxy) is 2. The van der Waals surface area contributed by atoms with E-state index in [-0.39, 0.29) is 10.8 Å². The Morgan fingerprint density at radius 2 is 1.94 bits per heavy atom. The van der Waals surface area contributed by atoms with Crippen LogP contribution in [0, 0.1) is 0 Å². The molecule has 0 radical (unpaired) electrons. The SMILES string of the molecule is CCOCCn1c(=NC(=O)CCCSc2ccc(OC)cc2)sc2cc(S(C)(=O)=O)ccc21. The Balaban J connectivity index is 1.72. The molecule has 0 bridgehead atoms. The van der Waals surface area contributed by atoms with E-state index in [1.807, 2.05) is 35.8 Å². The number of amides is 1. The minimum Gasteiger partial charge on any atom is -0.497 e. The molecule has 1 heterocycles.